The fraction of sp³-hybridized carbons (Fsp3) is 0.500. The third-order valence-corrected chi connectivity index (χ3v) is 2.94. The molecule has 6 heteroatoms. The van der Waals surface area contributed by atoms with Crippen LogP contribution in [0.2, 0.25) is 0 Å². The second-order valence-electron chi connectivity index (χ2n) is 4.59. The first-order valence-electron chi connectivity index (χ1n) is 6.85. The van der Waals surface area contributed by atoms with E-state index in [1.807, 2.05) is 0 Å². The van der Waals surface area contributed by atoms with Crippen LogP contribution in [0.4, 0.5) is 0 Å². The Balaban J connectivity index is 2.34. The zero-order valence-electron chi connectivity index (χ0n) is 11.6. The van der Waals surface area contributed by atoms with Crippen molar-refractivity contribution < 1.29 is 9.59 Å². The van der Waals surface area contributed by atoms with Crippen LogP contribution in [0.5, 0.6) is 0 Å². The zero-order chi connectivity index (χ0) is 14.8. The van der Waals surface area contributed by atoms with Crippen molar-refractivity contribution in [2.45, 2.75) is 32.1 Å². The van der Waals surface area contributed by atoms with Crippen molar-refractivity contribution in [2.75, 3.05) is 13.1 Å². The van der Waals surface area contributed by atoms with Crippen molar-refractivity contribution in [3.63, 3.8) is 0 Å². The number of pyridine rings is 1. The summed E-state index contributed by atoms with van der Waals surface area (Å²) in [7, 11) is 0. The van der Waals surface area contributed by atoms with Gasteiger partial charge in [0.05, 0.1) is 17.7 Å². The van der Waals surface area contributed by atoms with E-state index in [-0.39, 0.29) is 12.3 Å². The van der Waals surface area contributed by atoms with Gasteiger partial charge >= 0.3 is 0 Å². The zero-order valence-corrected chi connectivity index (χ0v) is 11.6. The summed E-state index contributed by atoms with van der Waals surface area (Å²) in [6.07, 6.45) is 5.69. The van der Waals surface area contributed by atoms with E-state index in [4.69, 9.17) is 11.5 Å². The van der Waals surface area contributed by atoms with Crippen LogP contribution < -0.4 is 16.8 Å². The lowest BCUT2D eigenvalue weighted by molar-refractivity contribution is -0.120. The van der Waals surface area contributed by atoms with Crippen molar-refractivity contribution in [1.82, 2.24) is 10.3 Å². The first-order chi connectivity index (χ1) is 9.65. The number of nitrogens with zero attached hydrogens (tertiary/aromatic N) is 1. The van der Waals surface area contributed by atoms with Gasteiger partial charge in [0.1, 0.15) is 0 Å². The Labute approximate surface area is 118 Å². The molecule has 0 unspecified atom stereocenters. The number of primary amides is 1. The summed E-state index contributed by atoms with van der Waals surface area (Å²) in [6, 6.07) is 3.20. The molecule has 2 amide bonds. The van der Waals surface area contributed by atoms with Crippen LogP contribution in [0.15, 0.2) is 18.3 Å². The maximum atomic E-state index is 11.8. The first-order valence-corrected chi connectivity index (χ1v) is 6.85. The van der Waals surface area contributed by atoms with Gasteiger partial charge in [0, 0.05) is 12.7 Å². The van der Waals surface area contributed by atoms with Crippen LogP contribution in [0.25, 0.3) is 0 Å². The van der Waals surface area contributed by atoms with Crippen molar-refractivity contribution in [1.29, 1.82) is 0 Å². The van der Waals surface area contributed by atoms with Gasteiger partial charge in [-0.2, -0.15) is 0 Å². The topological polar surface area (TPSA) is 111 Å². The van der Waals surface area contributed by atoms with Gasteiger partial charge < -0.3 is 16.8 Å². The summed E-state index contributed by atoms with van der Waals surface area (Å²) < 4.78 is 0. The lowest BCUT2D eigenvalue weighted by Gasteiger charge is -2.07. The lowest BCUT2D eigenvalue weighted by atomic mass is 10.1. The van der Waals surface area contributed by atoms with E-state index in [0.29, 0.717) is 24.3 Å². The largest absolute Gasteiger partial charge is 0.366 e. The number of carbonyl (C=O) groups is 2. The van der Waals surface area contributed by atoms with Gasteiger partial charge in [0.25, 0.3) is 5.91 Å². The number of hydrogen-bond donors (Lipinski definition) is 3. The van der Waals surface area contributed by atoms with Crippen LogP contribution in [-0.4, -0.2) is 29.9 Å². The minimum Gasteiger partial charge on any atom is -0.366 e. The van der Waals surface area contributed by atoms with Gasteiger partial charge in [-0.15, -0.1) is 0 Å². The number of unbranched alkanes of at least 4 members (excludes halogenated alkanes) is 3. The van der Waals surface area contributed by atoms with Gasteiger partial charge in [-0.1, -0.05) is 12.8 Å². The fourth-order valence-corrected chi connectivity index (χ4v) is 1.87. The van der Waals surface area contributed by atoms with E-state index in [2.05, 4.69) is 10.3 Å². The third-order valence-electron chi connectivity index (χ3n) is 2.94. The van der Waals surface area contributed by atoms with Crippen LogP contribution in [0.1, 0.15) is 41.7 Å². The highest BCUT2D eigenvalue weighted by molar-refractivity contribution is 5.95. The molecule has 0 aliphatic heterocycles. The molecule has 0 saturated heterocycles. The van der Waals surface area contributed by atoms with E-state index < -0.39 is 5.91 Å². The molecule has 1 aromatic heterocycles. The maximum Gasteiger partial charge on any atom is 0.250 e. The molecule has 5 N–H and O–H groups in total. The highest BCUT2D eigenvalue weighted by atomic mass is 16.2. The molecule has 0 aliphatic rings. The average molecular weight is 278 g/mol. The van der Waals surface area contributed by atoms with Crippen LogP contribution in [-0.2, 0) is 11.2 Å². The average Bonchev–Trinajstić information content (AvgIpc) is 2.43. The summed E-state index contributed by atoms with van der Waals surface area (Å²) in [6.45, 7) is 1.34. The number of hydrogen-bond acceptors (Lipinski definition) is 4. The van der Waals surface area contributed by atoms with E-state index in [9.17, 15) is 9.59 Å². The van der Waals surface area contributed by atoms with E-state index in [1.54, 1.807) is 18.3 Å². The van der Waals surface area contributed by atoms with Crippen molar-refractivity contribution >= 4 is 11.8 Å². The molecule has 1 aromatic rings. The highest BCUT2D eigenvalue weighted by Gasteiger charge is 2.12. The summed E-state index contributed by atoms with van der Waals surface area (Å²) in [5.41, 5.74) is 11.4. The van der Waals surface area contributed by atoms with Crippen molar-refractivity contribution in [2.24, 2.45) is 11.5 Å². The van der Waals surface area contributed by atoms with Gasteiger partial charge in [-0.05, 0) is 31.5 Å². The molecule has 1 heterocycles. The molecule has 0 aromatic carbocycles. The number of amides is 2. The predicted molar refractivity (Wildman–Crippen MR) is 77.0 cm³/mol. The summed E-state index contributed by atoms with van der Waals surface area (Å²) in [5, 5.41) is 2.81. The molecule has 0 radical (unpaired) electrons. The predicted octanol–water partition coefficient (Wildman–Crippen LogP) is 0.358. The highest BCUT2D eigenvalue weighted by Crippen LogP contribution is 2.05. The minimum atomic E-state index is -0.567. The van der Waals surface area contributed by atoms with Crippen molar-refractivity contribution in [3.8, 4) is 0 Å². The molecule has 0 atom stereocenters. The lowest BCUT2D eigenvalue weighted by Crippen LogP contribution is -2.27. The molecule has 1 rings (SSSR count). The number of nitrogens with two attached hydrogens (primary N) is 2. The molecular formula is C14H22N4O2. The van der Waals surface area contributed by atoms with Crippen molar-refractivity contribution in [3.05, 3.63) is 29.6 Å². The quantitative estimate of drug-likeness (QED) is 0.566. The Morgan fingerprint density at radius 3 is 2.65 bits per heavy atom. The molecule has 0 fully saturated rings. The molecule has 110 valence electrons. The second-order valence-corrected chi connectivity index (χ2v) is 4.59. The Kier molecular flexibility index (Phi) is 7.27. The van der Waals surface area contributed by atoms with Gasteiger partial charge in [0.15, 0.2) is 0 Å². The summed E-state index contributed by atoms with van der Waals surface area (Å²) in [4.78, 5) is 27.0. The molecule has 0 spiro atoms. The number of rotatable bonds is 9. The number of nitrogens with one attached hydrogen (secondary N) is 1. The number of carbonyl (C=O) groups excluding carboxylic acids is 2. The van der Waals surface area contributed by atoms with Crippen LogP contribution in [0.3, 0.4) is 0 Å². The fourth-order valence-electron chi connectivity index (χ4n) is 1.87. The molecule has 20 heavy (non-hydrogen) atoms. The van der Waals surface area contributed by atoms with E-state index in [1.165, 1.54) is 0 Å². The maximum absolute atomic E-state index is 11.8. The molecule has 0 bridgehead atoms. The van der Waals surface area contributed by atoms with Gasteiger partial charge in [-0.3, -0.25) is 14.6 Å². The third kappa shape index (κ3) is 5.79. The SMILES string of the molecule is NCCCCCCNC(=O)Cc1ncccc1C(N)=O. The Bertz CT molecular complexity index is 449. The van der Waals surface area contributed by atoms with Gasteiger partial charge in [0.2, 0.25) is 5.91 Å². The Morgan fingerprint density at radius 2 is 1.95 bits per heavy atom. The van der Waals surface area contributed by atoms with Crippen LogP contribution >= 0.6 is 0 Å². The summed E-state index contributed by atoms with van der Waals surface area (Å²) in [5.74, 6) is -0.715. The van der Waals surface area contributed by atoms with E-state index in [0.717, 1.165) is 25.7 Å². The monoisotopic (exact) mass is 278 g/mol. The smallest absolute Gasteiger partial charge is 0.250 e. The normalized spacial score (nSPS) is 10.2. The minimum absolute atomic E-state index is 0.0713. The molecular weight excluding hydrogens is 256 g/mol. The first kappa shape index (κ1) is 16.1. The molecule has 0 saturated carbocycles. The summed E-state index contributed by atoms with van der Waals surface area (Å²) >= 11 is 0. The van der Waals surface area contributed by atoms with Crippen LogP contribution in [0, 0.1) is 0 Å². The molecule has 0 aliphatic carbocycles. The Hall–Kier alpha value is -1.95. The van der Waals surface area contributed by atoms with E-state index >= 15 is 0 Å². The molecule has 6 nitrogen and oxygen atoms in total. The standard InChI is InChI=1S/C14H22N4O2/c15-7-3-1-2-4-8-18-13(19)10-12-11(14(16)20)6-5-9-17-12/h5-6,9H,1-4,7-8,10,15H2,(H2,16,20)(H,18,19). The number of aromatic nitrogens is 1. The van der Waals surface area contributed by atoms with Gasteiger partial charge in [-0.25, -0.2) is 0 Å². The second kappa shape index (κ2) is 9.03. The Morgan fingerprint density at radius 1 is 1.20 bits per heavy atom.